The largest absolute Gasteiger partial charge is 0.493 e. The summed E-state index contributed by atoms with van der Waals surface area (Å²) >= 11 is 0. The van der Waals surface area contributed by atoms with Gasteiger partial charge in [-0.1, -0.05) is 24.6 Å². The summed E-state index contributed by atoms with van der Waals surface area (Å²) in [6.45, 7) is 3.99. The molecule has 2 saturated heterocycles. The minimum Gasteiger partial charge on any atom is -0.493 e. The number of ether oxygens (including phenoxy) is 2. The third-order valence-electron chi connectivity index (χ3n) is 4.60. The minimum absolute atomic E-state index is 0.0402. The van der Waals surface area contributed by atoms with Crippen LogP contribution >= 0.6 is 0 Å². The lowest BCUT2D eigenvalue weighted by Gasteiger charge is -2.34. The smallest absolute Gasteiger partial charge is 0.223 e. The molecule has 0 aliphatic carbocycles. The second-order valence-electron chi connectivity index (χ2n) is 6.29. The van der Waals surface area contributed by atoms with Crippen molar-refractivity contribution < 1.29 is 14.3 Å². The molecule has 2 aliphatic heterocycles. The second kappa shape index (κ2) is 8.31. The van der Waals surface area contributed by atoms with Gasteiger partial charge >= 0.3 is 0 Å². The Balaban J connectivity index is 1.41. The zero-order valence-corrected chi connectivity index (χ0v) is 13.6. The number of carbonyl (C=O) groups is 1. The highest BCUT2D eigenvalue weighted by molar-refractivity contribution is 5.76. The van der Waals surface area contributed by atoms with Gasteiger partial charge in [0, 0.05) is 0 Å². The number of piperidine rings is 1. The molecule has 5 nitrogen and oxygen atoms in total. The Labute approximate surface area is 137 Å². The molecule has 2 atom stereocenters. The van der Waals surface area contributed by atoms with Crippen LogP contribution in [0.3, 0.4) is 0 Å². The van der Waals surface area contributed by atoms with Gasteiger partial charge in [-0.2, -0.15) is 0 Å². The molecular formula is C18H26N2O3. The summed E-state index contributed by atoms with van der Waals surface area (Å²) in [4.78, 5) is 14.6. The van der Waals surface area contributed by atoms with E-state index in [4.69, 9.17) is 9.47 Å². The maximum Gasteiger partial charge on any atom is 0.223 e. The Morgan fingerprint density at radius 3 is 2.74 bits per heavy atom. The van der Waals surface area contributed by atoms with Gasteiger partial charge in [0.2, 0.25) is 5.91 Å². The van der Waals surface area contributed by atoms with Crippen LogP contribution in [-0.2, 0) is 9.53 Å². The van der Waals surface area contributed by atoms with Crippen LogP contribution < -0.4 is 10.1 Å². The molecule has 0 bridgehead atoms. The molecule has 2 fully saturated rings. The predicted molar refractivity (Wildman–Crippen MR) is 88.5 cm³/mol. The van der Waals surface area contributed by atoms with E-state index < -0.39 is 0 Å². The molecule has 3 rings (SSSR count). The molecule has 1 amide bonds. The fourth-order valence-electron chi connectivity index (χ4n) is 3.35. The van der Waals surface area contributed by atoms with Crippen LogP contribution in [0.1, 0.15) is 25.7 Å². The van der Waals surface area contributed by atoms with Crippen molar-refractivity contribution in [3.05, 3.63) is 30.3 Å². The third kappa shape index (κ3) is 4.69. The van der Waals surface area contributed by atoms with Crippen molar-refractivity contribution in [2.24, 2.45) is 0 Å². The molecule has 0 saturated carbocycles. The summed E-state index contributed by atoms with van der Waals surface area (Å²) in [6.07, 6.45) is 4.19. The molecule has 2 aliphatic rings. The predicted octanol–water partition coefficient (Wildman–Crippen LogP) is 1.82. The van der Waals surface area contributed by atoms with Crippen LogP contribution in [0, 0.1) is 0 Å². The Morgan fingerprint density at radius 2 is 1.96 bits per heavy atom. The Kier molecular flexibility index (Phi) is 5.88. The van der Waals surface area contributed by atoms with Crippen molar-refractivity contribution in [3.8, 4) is 5.75 Å². The van der Waals surface area contributed by atoms with Gasteiger partial charge in [0.25, 0.3) is 0 Å². The quantitative estimate of drug-likeness (QED) is 0.869. The number of nitrogens with one attached hydrogen (secondary N) is 1. The number of para-hydroxylation sites is 1. The zero-order valence-electron chi connectivity index (χ0n) is 13.6. The third-order valence-corrected chi connectivity index (χ3v) is 4.60. The van der Waals surface area contributed by atoms with E-state index in [1.807, 2.05) is 30.3 Å². The van der Waals surface area contributed by atoms with Crippen molar-refractivity contribution in [1.82, 2.24) is 10.2 Å². The number of likely N-dealkylation sites (tertiary alicyclic amines) is 1. The molecule has 0 spiro atoms. The second-order valence-corrected chi connectivity index (χ2v) is 6.29. The summed E-state index contributed by atoms with van der Waals surface area (Å²) in [5.74, 6) is 0.842. The Hall–Kier alpha value is -1.59. The van der Waals surface area contributed by atoms with Crippen molar-refractivity contribution in [2.45, 2.75) is 37.8 Å². The van der Waals surface area contributed by atoms with E-state index in [9.17, 15) is 4.79 Å². The average Bonchev–Trinajstić information content (AvgIpc) is 3.05. The molecule has 0 aromatic heterocycles. The summed E-state index contributed by atoms with van der Waals surface area (Å²) in [5, 5.41) is 3.13. The standard InChI is InChI=1S/C18H26N2O3/c21-18(9-12-23-15-7-3-1-4-8-15)19-16-13-22-14-17(16)20-10-5-2-6-11-20/h1,3-4,7-8,16-17H,2,5-6,9-14H2,(H,19,21)/t16-,17-/m1/s1. The summed E-state index contributed by atoms with van der Waals surface area (Å²) in [6, 6.07) is 10.0. The molecular weight excluding hydrogens is 292 g/mol. The lowest BCUT2D eigenvalue weighted by atomic mass is 10.0. The van der Waals surface area contributed by atoms with E-state index in [0.29, 0.717) is 25.7 Å². The van der Waals surface area contributed by atoms with Crippen LogP contribution in [0.15, 0.2) is 30.3 Å². The lowest BCUT2D eigenvalue weighted by molar-refractivity contribution is -0.122. The number of benzene rings is 1. The van der Waals surface area contributed by atoms with Gasteiger partial charge in [-0.05, 0) is 38.1 Å². The maximum atomic E-state index is 12.2. The number of hydrogen-bond acceptors (Lipinski definition) is 4. The number of amides is 1. The summed E-state index contributed by atoms with van der Waals surface area (Å²) in [7, 11) is 0. The molecule has 1 aromatic carbocycles. The number of rotatable bonds is 6. The molecule has 126 valence electrons. The van der Waals surface area contributed by atoms with Crippen LogP contribution in [0.5, 0.6) is 5.75 Å². The molecule has 1 aromatic rings. The van der Waals surface area contributed by atoms with Crippen LogP contribution in [0.25, 0.3) is 0 Å². The van der Waals surface area contributed by atoms with Gasteiger partial charge in [-0.3, -0.25) is 9.69 Å². The number of nitrogens with zero attached hydrogens (tertiary/aromatic N) is 1. The number of hydrogen-bond donors (Lipinski definition) is 1. The van der Waals surface area contributed by atoms with Crippen LogP contribution in [0.2, 0.25) is 0 Å². The van der Waals surface area contributed by atoms with E-state index >= 15 is 0 Å². The Bertz CT molecular complexity index is 488. The molecule has 0 unspecified atom stereocenters. The number of carbonyl (C=O) groups excluding carboxylic acids is 1. The highest BCUT2D eigenvalue weighted by Crippen LogP contribution is 2.19. The van der Waals surface area contributed by atoms with Gasteiger partial charge < -0.3 is 14.8 Å². The first-order chi connectivity index (χ1) is 11.3. The van der Waals surface area contributed by atoms with Gasteiger partial charge in [0.15, 0.2) is 0 Å². The van der Waals surface area contributed by atoms with Crippen LogP contribution in [-0.4, -0.2) is 55.8 Å². The van der Waals surface area contributed by atoms with Crippen LogP contribution in [0.4, 0.5) is 0 Å². The SMILES string of the molecule is O=C(CCOc1ccccc1)N[C@@H]1COC[C@H]1N1CCCCC1. The van der Waals surface area contributed by atoms with E-state index in [2.05, 4.69) is 10.2 Å². The van der Waals surface area contributed by atoms with Crippen molar-refractivity contribution in [2.75, 3.05) is 32.9 Å². The van der Waals surface area contributed by atoms with Gasteiger partial charge in [-0.25, -0.2) is 0 Å². The van der Waals surface area contributed by atoms with Gasteiger partial charge in [-0.15, -0.1) is 0 Å². The van der Waals surface area contributed by atoms with Crippen molar-refractivity contribution in [1.29, 1.82) is 0 Å². The van der Waals surface area contributed by atoms with Crippen molar-refractivity contribution >= 4 is 5.91 Å². The molecule has 1 N–H and O–H groups in total. The van der Waals surface area contributed by atoms with Gasteiger partial charge in [0.05, 0.1) is 38.3 Å². The molecule has 5 heteroatoms. The first-order valence-electron chi connectivity index (χ1n) is 8.62. The van der Waals surface area contributed by atoms with E-state index in [1.54, 1.807) is 0 Å². The zero-order chi connectivity index (χ0) is 15.9. The summed E-state index contributed by atoms with van der Waals surface area (Å²) in [5.41, 5.74) is 0. The highest BCUT2D eigenvalue weighted by Gasteiger charge is 2.34. The topological polar surface area (TPSA) is 50.8 Å². The summed E-state index contributed by atoms with van der Waals surface area (Å²) < 4.78 is 11.2. The monoisotopic (exact) mass is 318 g/mol. The van der Waals surface area contributed by atoms with E-state index in [-0.39, 0.29) is 11.9 Å². The van der Waals surface area contributed by atoms with Crippen molar-refractivity contribution in [3.63, 3.8) is 0 Å². The first-order valence-corrected chi connectivity index (χ1v) is 8.62. The maximum absolute atomic E-state index is 12.2. The van der Waals surface area contributed by atoms with E-state index in [1.165, 1.54) is 19.3 Å². The highest BCUT2D eigenvalue weighted by atomic mass is 16.5. The Morgan fingerprint density at radius 1 is 1.17 bits per heavy atom. The lowest BCUT2D eigenvalue weighted by Crippen LogP contribution is -2.52. The molecule has 0 radical (unpaired) electrons. The molecule has 2 heterocycles. The first kappa shape index (κ1) is 16.3. The van der Waals surface area contributed by atoms with Gasteiger partial charge in [0.1, 0.15) is 5.75 Å². The average molecular weight is 318 g/mol. The molecule has 23 heavy (non-hydrogen) atoms. The normalized spacial score (nSPS) is 25.2. The fraction of sp³-hybridized carbons (Fsp3) is 0.611. The minimum atomic E-state index is 0.0402. The van der Waals surface area contributed by atoms with E-state index in [0.717, 1.165) is 25.4 Å². The fourth-order valence-corrected chi connectivity index (χ4v) is 3.35.